The number of aromatic hydroxyl groups is 1. The zero-order valence-electron chi connectivity index (χ0n) is 14.7. The van der Waals surface area contributed by atoms with Gasteiger partial charge in [-0.25, -0.2) is 4.79 Å². The van der Waals surface area contributed by atoms with Crippen LogP contribution in [0.3, 0.4) is 0 Å². The third kappa shape index (κ3) is 3.62. The highest BCUT2D eigenvalue weighted by Gasteiger charge is 2.36. The standard InChI is InChI=1S/C19H10F3N3O4S/c20-19(21,22)17-24-25-18(30-17)23-15(27)13-14(26)11-7-6-10(8-12(11)29-16(13)28)9-4-2-1-3-5-9/h1-8,26H,(H,23,25,27). The van der Waals surface area contributed by atoms with Gasteiger partial charge in [0, 0.05) is 0 Å². The van der Waals surface area contributed by atoms with Gasteiger partial charge in [-0.3, -0.25) is 10.1 Å². The Balaban J connectivity index is 1.70. The molecular formula is C19H10F3N3O4S. The molecule has 11 heteroatoms. The van der Waals surface area contributed by atoms with E-state index in [1.54, 1.807) is 6.07 Å². The van der Waals surface area contributed by atoms with Crippen LogP contribution in [0, 0.1) is 0 Å². The lowest BCUT2D eigenvalue weighted by Gasteiger charge is -2.08. The minimum atomic E-state index is -4.72. The van der Waals surface area contributed by atoms with Gasteiger partial charge in [-0.05, 0) is 23.3 Å². The Labute approximate surface area is 169 Å². The van der Waals surface area contributed by atoms with Crippen molar-refractivity contribution in [3.63, 3.8) is 0 Å². The summed E-state index contributed by atoms with van der Waals surface area (Å²) in [5.74, 6) is -1.82. The SMILES string of the molecule is O=C(Nc1nnc(C(F)(F)F)s1)c1c(O)c2ccc(-c3ccccc3)cc2oc1=O. The van der Waals surface area contributed by atoms with Crippen LogP contribution in [0.25, 0.3) is 22.1 Å². The highest BCUT2D eigenvalue weighted by Crippen LogP contribution is 2.34. The second-order valence-electron chi connectivity index (χ2n) is 6.05. The van der Waals surface area contributed by atoms with Crippen molar-refractivity contribution in [1.29, 1.82) is 0 Å². The van der Waals surface area contributed by atoms with Crippen molar-refractivity contribution in [3.8, 4) is 16.9 Å². The van der Waals surface area contributed by atoms with Gasteiger partial charge in [0.05, 0.1) is 5.39 Å². The van der Waals surface area contributed by atoms with Crippen LogP contribution in [0.4, 0.5) is 18.3 Å². The summed E-state index contributed by atoms with van der Waals surface area (Å²) in [4.78, 5) is 24.7. The molecule has 0 unspecified atom stereocenters. The molecule has 1 amide bonds. The van der Waals surface area contributed by atoms with Crippen molar-refractivity contribution in [3.05, 3.63) is 69.5 Å². The van der Waals surface area contributed by atoms with Gasteiger partial charge >= 0.3 is 11.8 Å². The number of rotatable bonds is 3. The minimum absolute atomic E-state index is 0.0469. The zero-order valence-corrected chi connectivity index (χ0v) is 15.5. The first kappa shape index (κ1) is 19.6. The average Bonchev–Trinajstić information content (AvgIpc) is 3.17. The van der Waals surface area contributed by atoms with Gasteiger partial charge in [-0.1, -0.05) is 47.7 Å². The van der Waals surface area contributed by atoms with Crippen molar-refractivity contribution < 1.29 is 27.5 Å². The maximum absolute atomic E-state index is 12.6. The Morgan fingerprint density at radius 3 is 2.47 bits per heavy atom. The second-order valence-corrected chi connectivity index (χ2v) is 7.03. The van der Waals surface area contributed by atoms with Gasteiger partial charge in [-0.15, -0.1) is 10.2 Å². The number of carbonyl (C=O) groups excluding carboxylic acids is 1. The lowest BCUT2D eigenvalue weighted by molar-refractivity contribution is -0.138. The first-order valence-electron chi connectivity index (χ1n) is 8.31. The number of amides is 1. The van der Waals surface area contributed by atoms with Crippen LogP contribution in [0.15, 0.2) is 57.7 Å². The van der Waals surface area contributed by atoms with Gasteiger partial charge in [0.25, 0.3) is 5.91 Å². The van der Waals surface area contributed by atoms with E-state index in [1.165, 1.54) is 12.1 Å². The third-order valence-corrected chi connectivity index (χ3v) is 4.99. The lowest BCUT2D eigenvalue weighted by Crippen LogP contribution is -2.21. The molecule has 2 heterocycles. The number of aromatic nitrogens is 2. The smallest absolute Gasteiger partial charge is 0.445 e. The number of hydrogen-bond acceptors (Lipinski definition) is 7. The second kappa shape index (κ2) is 7.26. The molecular weight excluding hydrogens is 423 g/mol. The summed E-state index contributed by atoms with van der Waals surface area (Å²) in [6.45, 7) is 0. The summed E-state index contributed by atoms with van der Waals surface area (Å²) in [5.41, 5.74) is -0.288. The first-order valence-corrected chi connectivity index (χ1v) is 9.13. The van der Waals surface area contributed by atoms with Gasteiger partial charge in [0.15, 0.2) is 5.56 Å². The summed E-state index contributed by atoms with van der Waals surface area (Å²) < 4.78 is 43.0. The number of carbonyl (C=O) groups is 1. The maximum Gasteiger partial charge on any atom is 0.445 e. The van der Waals surface area contributed by atoms with E-state index < -0.39 is 39.2 Å². The summed E-state index contributed by atoms with van der Waals surface area (Å²) in [6.07, 6.45) is -4.72. The number of alkyl halides is 3. The van der Waals surface area contributed by atoms with Crippen molar-refractivity contribution in [2.24, 2.45) is 0 Å². The molecule has 4 rings (SSSR count). The fraction of sp³-hybridized carbons (Fsp3) is 0.0526. The van der Waals surface area contributed by atoms with Crippen molar-refractivity contribution >= 4 is 33.3 Å². The Bertz CT molecular complexity index is 1320. The molecule has 2 N–H and O–H groups in total. The summed E-state index contributed by atoms with van der Waals surface area (Å²) in [7, 11) is 0. The van der Waals surface area contributed by atoms with E-state index in [-0.39, 0.29) is 22.3 Å². The van der Waals surface area contributed by atoms with Crippen LogP contribution >= 0.6 is 11.3 Å². The summed E-state index contributed by atoms with van der Waals surface area (Å²) in [6, 6.07) is 13.9. The topological polar surface area (TPSA) is 105 Å². The number of halogens is 3. The molecule has 0 atom stereocenters. The van der Waals surface area contributed by atoms with E-state index in [9.17, 15) is 27.9 Å². The number of fused-ring (bicyclic) bond motifs is 1. The molecule has 7 nitrogen and oxygen atoms in total. The Morgan fingerprint density at radius 2 is 1.80 bits per heavy atom. The molecule has 2 aromatic heterocycles. The first-order chi connectivity index (χ1) is 14.2. The van der Waals surface area contributed by atoms with Crippen LogP contribution in [-0.4, -0.2) is 21.2 Å². The lowest BCUT2D eigenvalue weighted by atomic mass is 10.0. The average molecular weight is 433 g/mol. The van der Waals surface area contributed by atoms with Gasteiger partial charge < -0.3 is 9.52 Å². The van der Waals surface area contributed by atoms with Crippen LogP contribution in [0.5, 0.6) is 5.75 Å². The van der Waals surface area contributed by atoms with E-state index >= 15 is 0 Å². The van der Waals surface area contributed by atoms with Crippen molar-refractivity contribution in [2.45, 2.75) is 6.18 Å². The van der Waals surface area contributed by atoms with E-state index in [2.05, 4.69) is 10.2 Å². The number of hydrogen-bond donors (Lipinski definition) is 2. The quantitative estimate of drug-likeness (QED) is 0.467. The largest absolute Gasteiger partial charge is 0.506 e. The molecule has 0 saturated heterocycles. The molecule has 0 saturated carbocycles. The minimum Gasteiger partial charge on any atom is -0.506 e. The Morgan fingerprint density at radius 1 is 1.07 bits per heavy atom. The van der Waals surface area contributed by atoms with Gasteiger partial charge in [0.2, 0.25) is 10.1 Å². The maximum atomic E-state index is 12.6. The predicted molar refractivity (Wildman–Crippen MR) is 102 cm³/mol. The van der Waals surface area contributed by atoms with Crippen molar-refractivity contribution in [1.82, 2.24) is 10.2 Å². The molecule has 0 aliphatic carbocycles. The summed E-state index contributed by atoms with van der Waals surface area (Å²) in [5, 5.41) is 17.0. The molecule has 0 fully saturated rings. The molecule has 0 spiro atoms. The fourth-order valence-electron chi connectivity index (χ4n) is 2.74. The van der Waals surface area contributed by atoms with Crippen LogP contribution < -0.4 is 10.9 Å². The molecule has 152 valence electrons. The third-order valence-electron chi connectivity index (χ3n) is 4.10. The normalized spacial score (nSPS) is 11.6. The molecule has 0 bridgehead atoms. The predicted octanol–water partition coefficient (Wildman–Crippen LogP) is 4.29. The van der Waals surface area contributed by atoms with Crippen LogP contribution in [0.1, 0.15) is 15.4 Å². The Kier molecular flexibility index (Phi) is 4.74. The number of nitrogens with one attached hydrogen (secondary N) is 1. The molecule has 30 heavy (non-hydrogen) atoms. The number of nitrogens with zero attached hydrogens (tertiary/aromatic N) is 2. The summed E-state index contributed by atoms with van der Waals surface area (Å²) >= 11 is 0.0843. The molecule has 4 aromatic rings. The number of benzene rings is 2. The number of anilines is 1. The van der Waals surface area contributed by atoms with E-state index in [0.717, 1.165) is 11.1 Å². The molecule has 0 radical (unpaired) electrons. The molecule has 2 aromatic carbocycles. The molecule has 0 aliphatic heterocycles. The highest BCUT2D eigenvalue weighted by molar-refractivity contribution is 7.15. The van der Waals surface area contributed by atoms with Crippen molar-refractivity contribution in [2.75, 3.05) is 5.32 Å². The van der Waals surface area contributed by atoms with Crippen LogP contribution in [0.2, 0.25) is 0 Å². The van der Waals surface area contributed by atoms with E-state index in [1.807, 2.05) is 35.6 Å². The molecule has 0 aliphatic rings. The fourth-order valence-corrected chi connectivity index (χ4v) is 3.35. The van der Waals surface area contributed by atoms with E-state index in [0.29, 0.717) is 0 Å². The van der Waals surface area contributed by atoms with Crippen LogP contribution in [-0.2, 0) is 6.18 Å². The Hall–Kier alpha value is -3.73. The monoisotopic (exact) mass is 433 g/mol. The van der Waals surface area contributed by atoms with Gasteiger partial charge in [0.1, 0.15) is 11.3 Å². The van der Waals surface area contributed by atoms with Gasteiger partial charge in [-0.2, -0.15) is 13.2 Å². The highest BCUT2D eigenvalue weighted by atomic mass is 32.1. The zero-order chi connectivity index (χ0) is 21.5. The van der Waals surface area contributed by atoms with E-state index in [4.69, 9.17) is 4.42 Å².